The van der Waals surface area contributed by atoms with Crippen molar-refractivity contribution in [2.45, 2.75) is 36.4 Å². The van der Waals surface area contributed by atoms with E-state index in [1.807, 2.05) is 0 Å². The molecule has 110 valence electrons. The van der Waals surface area contributed by atoms with E-state index in [0.717, 1.165) is 21.7 Å². The summed E-state index contributed by atoms with van der Waals surface area (Å²) in [7, 11) is 0. The third-order valence-corrected chi connectivity index (χ3v) is 5.48. The number of thiazole rings is 1. The highest BCUT2D eigenvalue weighted by Crippen LogP contribution is 2.33. The van der Waals surface area contributed by atoms with Crippen LogP contribution in [0.2, 0.25) is 0 Å². The number of hydrogen-bond acceptors (Lipinski definition) is 5. The minimum absolute atomic E-state index is 0.324. The van der Waals surface area contributed by atoms with E-state index in [-0.39, 0.29) is 0 Å². The topological polar surface area (TPSA) is 45.5 Å². The lowest BCUT2D eigenvalue weighted by Crippen LogP contribution is -2.16. The van der Waals surface area contributed by atoms with Crippen LogP contribution in [0.1, 0.15) is 37.0 Å². The normalized spacial score (nSPS) is 16.0. The minimum atomic E-state index is -1.64. The monoisotopic (exact) mass is 318 g/mol. The molecule has 7 heteroatoms. The van der Waals surface area contributed by atoms with E-state index in [1.54, 1.807) is 6.20 Å². The lowest BCUT2D eigenvalue weighted by molar-refractivity contribution is 0.302. The van der Waals surface area contributed by atoms with E-state index < -0.39 is 6.08 Å². The molecule has 1 aromatic heterocycles. The van der Waals surface area contributed by atoms with Crippen molar-refractivity contribution in [3.05, 3.63) is 23.2 Å². The van der Waals surface area contributed by atoms with Crippen molar-refractivity contribution in [1.82, 2.24) is 4.98 Å². The van der Waals surface area contributed by atoms with Crippen molar-refractivity contribution in [3.8, 4) is 0 Å². The van der Waals surface area contributed by atoms with Crippen LogP contribution in [0.5, 0.6) is 0 Å². The fourth-order valence-corrected chi connectivity index (χ4v) is 3.87. The van der Waals surface area contributed by atoms with E-state index in [1.165, 1.54) is 42.4 Å². The first-order chi connectivity index (χ1) is 9.69. The first-order valence-electron chi connectivity index (χ1n) is 6.50. The fourth-order valence-electron chi connectivity index (χ4n) is 1.93. The van der Waals surface area contributed by atoms with Gasteiger partial charge in [0.15, 0.2) is 0 Å². The van der Waals surface area contributed by atoms with Gasteiger partial charge in [0.25, 0.3) is 6.08 Å². The highest BCUT2D eigenvalue weighted by atomic mass is 32.2. The summed E-state index contributed by atoms with van der Waals surface area (Å²) in [5.74, 6) is 1.19. The van der Waals surface area contributed by atoms with Gasteiger partial charge in [-0.15, -0.1) is 11.3 Å². The fraction of sp³-hybridized carbons (Fsp3) is 0.538. The molecule has 0 bridgehead atoms. The smallest absolute Gasteiger partial charge is 0.266 e. The van der Waals surface area contributed by atoms with Crippen LogP contribution < -0.4 is 0 Å². The van der Waals surface area contributed by atoms with Gasteiger partial charge in [0.1, 0.15) is 4.34 Å². The van der Waals surface area contributed by atoms with Crippen LogP contribution in [-0.4, -0.2) is 21.7 Å². The molecule has 1 aliphatic carbocycles. The number of hydrogen-bond donors (Lipinski definition) is 1. The molecule has 0 atom stereocenters. The number of nitrogens with zero attached hydrogens (tertiary/aromatic N) is 2. The van der Waals surface area contributed by atoms with Crippen molar-refractivity contribution in [2.24, 2.45) is 11.1 Å². The van der Waals surface area contributed by atoms with E-state index >= 15 is 0 Å². The molecule has 0 aliphatic heterocycles. The quantitative estimate of drug-likeness (QED) is 0.259. The lowest BCUT2D eigenvalue weighted by atomic mass is 9.81. The largest absolute Gasteiger partial charge is 0.411 e. The average molecular weight is 318 g/mol. The summed E-state index contributed by atoms with van der Waals surface area (Å²) < 4.78 is 24.6. The number of halogens is 2. The summed E-state index contributed by atoms with van der Waals surface area (Å²) in [4.78, 5) is 5.10. The summed E-state index contributed by atoms with van der Waals surface area (Å²) in [5, 5.41) is 12.5. The van der Waals surface area contributed by atoms with Crippen molar-refractivity contribution in [3.63, 3.8) is 0 Å². The number of allylic oxidation sites excluding steroid dienone is 1. The van der Waals surface area contributed by atoms with Crippen LogP contribution in [0.15, 0.2) is 27.8 Å². The van der Waals surface area contributed by atoms with Crippen LogP contribution in [-0.2, 0) is 0 Å². The first kappa shape index (κ1) is 15.4. The molecule has 1 heterocycles. The zero-order valence-corrected chi connectivity index (χ0v) is 12.5. The Morgan fingerprint density at radius 3 is 2.95 bits per heavy atom. The number of oxime groups is 1. The molecule has 3 nitrogen and oxygen atoms in total. The van der Waals surface area contributed by atoms with Crippen molar-refractivity contribution >= 4 is 28.8 Å². The maximum atomic E-state index is 11.9. The second-order valence-electron chi connectivity index (χ2n) is 4.67. The van der Waals surface area contributed by atoms with E-state index in [4.69, 9.17) is 5.21 Å². The summed E-state index contributed by atoms with van der Waals surface area (Å²) in [6.45, 7) is 0. The number of rotatable bonds is 7. The predicted molar refractivity (Wildman–Crippen MR) is 78.0 cm³/mol. The van der Waals surface area contributed by atoms with Crippen LogP contribution in [0.25, 0.3) is 0 Å². The van der Waals surface area contributed by atoms with Gasteiger partial charge < -0.3 is 5.21 Å². The van der Waals surface area contributed by atoms with Crippen molar-refractivity contribution < 1.29 is 14.0 Å². The molecule has 2 rings (SSSR count). The zero-order valence-electron chi connectivity index (χ0n) is 10.9. The molecule has 1 fully saturated rings. The standard InChI is InChI=1S/C13H16F2N2OS2/c14-12(15)5-2-6-19-13-16-8-11(20-13)10(17-18)7-9-3-1-4-9/h5,8-9,18H,1-4,6-7H2. The summed E-state index contributed by atoms with van der Waals surface area (Å²) in [6, 6.07) is 0. The van der Waals surface area contributed by atoms with Crippen LogP contribution in [0, 0.1) is 5.92 Å². The Balaban J connectivity index is 1.85. The minimum Gasteiger partial charge on any atom is -0.411 e. The van der Waals surface area contributed by atoms with Gasteiger partial charge in [-0.3, -0.25) is 0 Å². The van der Waals surface area contributed by atoms with Crippen LogP contribution >= 0.6 is 23.1 Å². The maximum absolute atomic E-state index is 11.9. The first-order valence-corrected chi connectivity index (χ1v) is 8.30. The summed E-state index contributed by atoms with van der Waals surface area (Å²) >= 11 is 2.90. The Morgan fingerprint density at radius 2 is 2.35 bits per heavy atom. The van der Waals surface area contributed by atoms with E-state index in [0.29, 0.717) is 23.8 Å². The molecule has 0 unspecified atom stereocenters. The maximum Gasteiger partial charge on any atom is 0.266 e. The Bertz CT molecular complexity index is 494. The molecular formula is C13H16F2N2OS2. The highest BCUT2D eigenvalue weighted by Gasteiger charge is 2.21. The number of aromatic nitrogens is 1. The van der Waals surface area contributed by atoms with Crippen LogP contribution in [0.4, 0.5) is 8.78 Å². The van der Waals surface area contributed by atoms with Crippen LogP contribution in [0.3, 0.4) is 0 Å². The highest BCUT2D eigenvalue weighted by molar-refractivity contribution is 8.01. The Hall–Kier alpha value is -0.950. The second kappa shape index (κ2) is 7.73. The molecule has 1 aliphatic rings. The lowest BCUT2D eigenvalue weighted by Gasteiger charge is -2.24. The second-order valence-corrected chi connectivity index (χ2v) is 7.04. The molecule has 0 radical (unpaired) electrons. The van der Waals surface area contributed by atoms with Gasteiger partial charge in [0, 0.05) is 11.9 Å². The van der Waals surface area contributed by atoms with Gasteiger partial charge in [-0.05, 0) is 24.8 Å². The molecule has 0 aromatic carbocycles. The molecular weight excluding hydrogens is 302 g/mol. The molecule has 0 amide bonds. The van der Waals surface area contributed by atoms with Gasteiger partial charge in [-0.2, -0.15) is 8.78 Å². The molecule has 0 spiro atoms. The summed E-state index contributed by atoms with van der Waals surface area (Å²) in [6.07, 6.45) is 5.74. The van der Waals surface area contributed by atoms with Gasteiger partial charge in [-0.1, -0.05) is 36.2 Å². The molecule has 0 saturated heterocycles. The predicted octanol–water partition coefficient (Wildman–Crippen LogP) is 4.77. The third kappa shape index (κ3) is 4.56. The average Bonchev–Trinajstić information content (AvgIpc) is 2.82. The molecule has 1 N–H and O–H groups in total. The van der Waals surface area contributed by atoms with Gasteiger partial charge in [-0.25, -0.2) is 4.98 Å². The number of thioether (sulfide) groups is 1. The van der Waals surface area contributed by atoms with Gasteiger partial charge in [0.2, 0.25) is 0 Å². The van der Waals surface area contributed by atoms with Gasteiger partial charge >= 0.3 is 0 Å². The SMILES string of the molecule is ON=C(CC1CCC1)c1cnc(SCCC=C(F)F)s1. The van der Waals surface area contributed by atoms with Crippen molar-refractivity contribution in [1.29, 1.82) is 0 Å². The zero-order chi connectivity index (χ0) is 14.4. The molecule has 20 heavy (non-hydrogen) atoms. The Kier molecular flexibility index (Phi) is 5.97. The van der Waals surface area contributed by atoms with E-state index in [9.17, 15) is 8.78 Å². The van der Waals surface area contributed by atoms with Gasteiger partial charge in [0.05, 0.1) is 10.6 Å². The molecule has 1 aromatic rings. The Labute approximate surface area is 124 Å². The Morgan fingerprint density at radius 1 is 1.55 bits per heavy atom. The third-order valence-electron chi connectivity index (χ3n) is 3.24. The molecule has 1 saturated carbocycles. The van der Waals surface area contributed by atoms with Crippen molar-refractivity contribution in [2.75, 3.05) is 5.75 Å². The summed E-state index contributed by atoms with van der Waals surface area (Å²) in [5.41, 5.74) is 0.689. The van der Waals surface area contributed by atoms with E-state index in [2.05, 4.69) is 10.1 Å².